The van der Waals surface area contributed by atoms with Crippen LogP contribution in [0.4, 0.5) is 10.5 Å². The van der Waals surface area contributed by atoms with Crippen LogP contribution in [0.15, 0.2) is 42.5 Å². The molecule has 1 saturated heterocycles. The van der Waals surface area contributed by atoms with Gasteiger partial charge in [-0.05, 0) is 49.6 Å². The van der Waals surface area contributed by atoms with E-state index in [-0.39, 0.29) is 6.04 Å². The second kappa shape index (κ2) is 9.75. The largest absolute Gasteiger partial charge is 0.494 e. The molecule has 0 bridgehead atoms. The first-order chi connectivity index (χ1) is 15.7. The number of benzene rings is 2. The standard InChI is InChI=1S/C25H27N3O4/c1-3-12-32-25(29)27-18-7-5-17(6-8-18)24-22(15-26)21-10-9-20(31-4-2)14-23(21)28(24)19-11-13-30-16-19/h5-10,14,19H,3-4,11-13,16H2,1-2H3,(H,27,29). The van der Waals surface area contributed by atoms with Gasteiger partial charge in [0.05, 0.1) is 42.6 Å². The van der Waals surface area contributed by atoms with E-state index in [1.54, 1.807) is 0 Å². The first-order valence-corrected chi connectivity index (χ1v) is 11.0. The Kier molecular flexibility index (Phi) is 6.62. The van der Waals surface area contributed by atoms with Crippen molar-refractivity contribution in [2.75, 3.05) is 31.7 Å². The summed E-state index contributed by atoms with van der Waals surface area (Å²) in [6.07, 6.45) is 1.17. The number of nitrogens with one attached hydrogen (secondary N) is 1. The van der Waals surface area contributed by atoms with Gasteiger partial charge in [-0.2, -0.15) is 5.26 Å². The number of nitriles is 1. The maximum Gasteiger partial charge on any atom is 0.411 e. The molecule has 0 aliphatic carbocycles. The SMILES string of the molecule is CCCOC(=O)Nc1ccc(-c2c(C#N)c3ccc(OCC)cc3n2C2CCOC2)cc1. The topological polar surface area (TPSA) is 85.5 Å². The van der Waals surface area contributed by atoms with E-state index < -0.39 is 6.09 Å². The lowest BCUT2D eigenvalue weighted by Gasteiger charge is -2.18. The summed E-state index contributed by atoms with van der Waals surface area (Å²) >= 11 is 0. The molecular weight excluding hydrogens is 406 g/mol. The van der Waals surface area contributed by atoms with E-state index >= 15 is 0 Å². The minimum absolute atomic E-state index is 0.133. The Labute approximate surface area is 187 Å². The monoisotopic (exact) mass is 433 g/mol. The average Bonchev–Trinajstić information content (AvgIpc) is 3.44. The average molecular weight is 434 g/mol. The lowest BCUT2D eigenvalue weighted by Crippen LogP contribution is -2.14. The van der Waals surface area contributed by atoms with Crippen LogP contribution < -0.4 is 10.1 Å². The number of hydrogen-bond donors (Lipinski definition) is 1. The van der Waals surface area contributed by atoms with Crippen molar-refractivity contribution in [3.05, 3.63) is 48.0 Å². The quantitative estimate of drug-likeness (QED) is 0.532. The molecule has 32 heavy (non-hydrogen) atoms. The first kappa shape index (κ1) is 21.7. The molecule has 4 rings (SSSR count). The number of aromatic nitrogens is 1. The van der Waals surface area contributed by atoms with Crippen LogP contribution in [-0.4, -0.2) is 37.1 Å². The molecule has 166 valence electrons. The lowest BCUT2D eigenvalue weighted by molar-refractivity contribution is 0.161. The highest BCUT2D eigenvalue weighted by Crippen LogP contribution is 2.39. The van der Waals surface area contributed by atoms with E-state index in [2.05, 4.69) is 16.0 Å². The normalized spacial score (nSPS) is 15.5. The van der Waals surface area contributed by atoms with E-state index in [1.807, 2.05) is 56.3 Å². The molecule has 7 heteroatoms. The van der Waals surface area contributed by atoms with Gasteiger partial charge in [-0.15, -0.1) is 0 Å². The Morgan fingerprint density at radius 2 is 2.06 bits per heavy atom. The van der Waals surface area contributed by atoms with Gasteiger partial charge in [0, 0.05) is 23.7 Å². The summed E-state index contributed by atoms with van der Waals surface area (Å²) in [5, 5.41) is 13.7. The molecule has 1 N–H and O–H groups in total. The third-order valence-electron chi connectivity index (χ3n) is 5.51. The van der Waals surface area contributed by atoms with Crippen LogP contribution >= 0.6 is 0 Å². The summed E-state index contributed by atoms with van der Waals surface area (Å²) in [7, 11) is 0. The molecule has 1 unspecified atom stereocenters. The summed E-state index contributed by atoms with van der Waals surface area (Å²) < 4.78 is 18.7. The van der Waals surface area contributed by atoms with Gasteiger partial charge in [-0.25, -0.2) is 4.79 Å². The molecule has 2 heterocycles. The predicted octanol–water partition coefficient (Wildman–Crippen LogP) is 5.50. The molecule has 2 aromatic carbocycles. The van der Waals surface area contributed by atoms with E-state index in [1.165, 1.54) is 0 Å². The molecule has 1 fully saturated rings. The van der Waals surface area contributed by atoms with Crippen molar-refractivity contribution < 1.29 is 19.0 Å². The summed E-state index contributed by atoms with van der Waals surface area (Å²) in [6, 6.07) is 15.9. The lowest BCUT2D eigenvalue weighted by atomic mass is 10.1. The van der Waals surface area contributed by atoms with Crippen LogP contribution in [0.25, 0.3) is 22.2 Å². The van der Waals surface area contributed by atoms with Crippen LogP contribution in [0.5, 0.6) is 5.75 Å². The molecule has 1 amide bonds. The van der Waals surface area contributed by atoms with Crippen LogP contribution in [0, 0.1) is 11.3 Å². The number of carbonyl (C=O) groups excluding carboxylic acids is 1. The first-order valence-electron chi connectivity index (χ1n) is 11.0. The minimum atomic E-state index is -0.474. The number of ether oxygens (including phenoxy) is 3. The fourth-order valence-electron chi connectivity index (χ4n) is 4.11. The number of amides is 1. The van der Waals surface area contributed by atoms with Crippen LogP contribution in [0.1, 0.15) is 38.3 Å². The molecule has 1 aliphatic rings. The number of fused-ring (bicyclic) bond motifs is 1. The van der Waals surface area contributed by atoms with E-state index in [0.29, 0.717) is 37.7 Å². The Balaban J connectivity index is 1.78. The zero-order valence-corrected chi connectivity index (χ0v) is 18.4. The molecule has 1 aliphatic heterocycles. The second-order valence-electron chi connectivity index (χ2n) is 7.67. The van der Waals surface area contributed by atoms with Gasteiger partial charge < -0.3 is 18.8 Å². The zero-order chi connectivity index (χ0) is 22.5. The van der Waals surface area contributed by atoms with E-state index in [0.717, 1.165) is 40.8 Å². The number of carbonyl (C=O) groups is 1. The van der Waals surface area contributed by atoms with Gasteiger partial charge in [0.15, 0.2) is 0 Å². The van der Waals surface area contributed by atoms with Crippen LogP contribution in [0.2, 0.25) is 0 Å². The highest BCUT2D eigenvalue weighted by molar-refractivity contribution is 5.96. The van der Waals surface area contributed by atoms with Crippen molar-refractivity contribution in [2.24, 2.45) is 0 Å². The van der Waals surface area contributed by atoms with Crippen molar-refractivity contribution in [1.82, 2.24) is 4.57 Å². The van der Waals surface area contributed by atoms with Gasteiger partial charge in [0.2, 0.25) is 0 Å². The number of anilines is 1. The second-order valence-corrected chi connectivity index (χ2v) is 7.67. The number of hydrogen-bond acceptors (Lipinski definition) is 5. The van der Waals surface area contributed by atoms with Gasteiger partial charge >= 0.3 is 6.09 Å². The van der Waals surface area contributed by atoms with Crippen molar-refractivity contribution in [1.29, 1.82) is 5.26 Å². The summed E-state index contributed by atoms with van der Waals surface area (Å²) in [5.74, 6) is 0.777. The molecule has 0 saturated carbocycles. The van der Waals surface area contributed by atoms with Gasteiger partial charge in [0.25, 0.3) is 0 Å². The smallest absolute Gasteiger partial charge is 0.411 e. The van der Waals surface area contributed by atoms with Gasteiger partial charge in [-0.1, -0.05) is 19.1 Å². The Hall–Kier alpha value is -3.50. The van der Waals surface area contributed by atoms with Crippen molar-refractivity contribution in [3.63, 3.8) is 0 Å². The number of rotatable bonds is 7. The fraction of sp³-hybridized carbons (Fsp3) is 0.360. The maximum absolute atomic E-state index is 11.9. The van der Waals surface area contributed by atoms with Crippen LogP contribution in [-0.2, 0) is 9.47 Å². The molecule has 7 nitrogen and oxygen atoms in total. The third-order valence-corrected chi connectivity index (χ3v) is 5.51. The highest BCUT2D eigenvalue weighted by atomic mass is 16.5. The molecule has 1 atom stereocenters. The Bertz CT molecular complexity index is 1140. The zero-order valence-electron chi connectivity index (χ0n) is 18.4. The molecule has 1 aromatic heterocycles. The Morgan fingerprint density at radius 1 is 1.25 bits per heavy atom. The molecular formula is C25H27N3O4. The van der Waals surface area contributed by atoms with E-state index in [9.17, 15) is 10.1 Å². The van der Waals surface area contributed by atoms with Crippen molar-refractivity contribution in [3.8, 4) is 23.1 Å². The summed E-state index contributed by atoms with van der Waals surface area (Å²) in [4.78, 5) is 11.9. The van der Waals surface area contributed by atoms with Crippen molar-refractivity contribution >= 4 is 22.7 Å². The van der Waals surface area contributed by atoms with E-state index in [4.69, 9.17) is 14.2 Å². The predicted molar refractivity (Wildman–Crippen MR) is 123 cm³/mol. The highest BCUT2D eigenvalue weighted by Gasteiger charge is 2.27. The van der Waals surface area contributed by atoms with Gasteiger partial charge in [0.1, 0.15) is 11.8 Å². The van der Waals surface area contributed by atoms with Gasteiger partial charge in [-0.3, -0.25) is 5.32 Å². The Morgan fingerprint density at radius 3 is 2.72 bits per heavy atom. The minimum Gasteiger partial charge on any atom is -0.494 e. The maximum atomic E-state index is 11.9. The summed E-state index contributed by atoms with van der Waals surface area (Å²) in [6.45, 7) is 6.14. The molecule has 0 spiro atoms. The summed E-state index contributed by atoms with van der Waals surface area (Å²) in [5.41, 5.74) is 3.97. The fourth-order valence-corrected chi connectivity index (χ4v) is 4.11. The third kappa shape index (κ3) is 4.27. The molecule has 0 radical (unpaired) electrons. The molecule has 3 aromatic rings. The van der Waals surface area contributed by atoms with Crippen LogP contribution in [0.3, 0.4) is 0 Å². The van der Waals surface area contributed by atoms with Crippen molar-refractivity contribution in [2.45, 2.75) is 32.7 Å². The number of nitrogens with zero attached hydrogens (tertiary/aromatic N) is 2.